The molecule has 6 heteroatoms. The average molecular weight is 388 g/mol. The number of benzene rings is 2. The van der Waals surface area contributed by atoms with Gasteiger partial charge in [0.15, 0.2) is 5.69 Å². The van der Waals surface area contributed by atoms with Crippen LogP contribution in [0, 0.1) is 0 Å². The summed E-state index contributed by atoms with van der Waals surface area (Å²) in [5.74, 6) is 0.861. The van der Waals surface area contributed by atoms with E-state index in [9.17, 15) is 4.79 Å². The molecule has 1 aromatic heterocycles. The van der Waals surface area contributed by atoms with E-state index in [0.717, 1.165) is 47.5 Å². The van der Waals surface area contributed by atoms with Crippen LogP contribution >= 0.6 is 0 Å². The number of rotatable bonds is 4. The van der Waals surface area contributed by atoms with Crippen molar-refractivity contribution in [3.05, 3.63) is 70.5 Å². The molecule has 3 N–H and O–H groups in total. The largest absolute Gasteiger partial charge is 0.490 e. The summed E-state index contributed by atoms with van der Waals surface area (Å²) in [7, 11) is 0. The number of fused-ring (bicyclic) bond motifs is 2. The standard InChI is InChI=1S/C23H24N4O2/c1-14-10-18-11-17(6-7-21(18)29-14)16-4-2-15(3-5-16)12-25-23(28)22-19-13-24-9-8-20(19)26-27-22/h2-7,11,14,24H,8-10,12-13H2,1H3,(H,25,28)(H,26,27). The Morgan fingerprint density at radius 3 is 2.90 bits per heavy atom. The third-order valence-electron chi connectivity index (χ3n) is 5.66. The zero-order valence-electron chi connectivity index (χ0n) is 16.4. The Labute approximate surface area is 169 Å². The number of amides is 1. The average Bonchev–Trinajstić information content (AvgIpc) is 3.34. The SMILES string of the molecule is CC1Cc2cc(-c3ccc(CNC(=O)c4n[nH]c5c4CNCC5)cc3)ccc2O1. The highest BCUT2D eigenvalue weighted by Crippen LogP contribution is 2.32. The predicted molar refractivity (Wildman–Crippen MR) is 111 cm³/mol. The van der Waals surface area contributed by atoms with Crippen LogP contribution in [0.2, 0.25) is 0 Å². The van der Waals surface area contributed by atoms with Crippen LogP contribution in [0.5, 0.6) is 5.75 Å². The zero-order valence-corrected chi connectivity index (χ0v) is 16.4. The van der Waals surface area contributed by atoms with Crippen molar-refractivity contribution in [3.8, 4) is 16.9 Å². The van der Waals surface area contributed by atoms with Crippen molar-refractivity contribution in [2.45, 2.75) is 39.0 Å². The molecule has 2 aliphatic rings. The van der Waals surface area contributed by atoms with Gasteiger partial charge in [0.25, 0.3) is 5.91 Å². The number of hydrogen-bond acceptors (Lipinski definition) is 4. The molecule has 2 aromatic carbocycles. The van der Waals surface area contributed by atoms with Crippen molar-refractivity contribution in [3.63, 3.8) is 0 Å². The predicted octanol–water partition coefficient (Wildman–Crippen LogP) is 2.98. The second-order valence-electron chi connectivity index (χ2n) is 7.79. The number of nitrogens with zero attached hydrogens (tertiary/aromatic N) is 1. The molecule has 0 spiro atoms. The van der Waals surface area contributed by atoms with Gasteiger partial charge >= 0.3 is 0 Å². The fraction of sp³-hybridized carbons (Fsp3) is 0.304. The first-order valence-corrected chi connectivity index (χ1v) is 10.1. The lowest BCUT2D eigenvalue weighted by Gasteiger charge is -2.13. The number of nitrogens with one attached hydrogen (secondary N) is 3. The number of carbonyl (C=O) groups excluding carboxylic acids is 1. The second-order valence-corrected chi connectivity index (χ2v) is 7.79. The van der Waals surface area contributed by atoms with Crippen LogP contribution < -0.4 is 15.4 Å². The molecule has 0 radical (unpaired) electrons. The van der Waals surface area contributed by atoms with E-state index >= 15 is 0 Å². The zero-order chi connectivity index (χ0) is 19.8. The van der Waals surface area contributed by atoms with E-state index in [1.807, 2.05) is 0 Å². The van der Waals surface area contributed by atoms with Crippen LogP contribution in [0.3, 0.4) is 0 Å². The molecule has 0 saturated carbocycles. The summed E-state index contributed by atoms with van der Waals surface area (Å²) in [6.07, 6.45) is 2.09. The number of aromatic nitrogens is 2. The van der Waals surface area contributed by atoms with Gasteiger partial charge in [-0.25, -0.2) is 0 Å². The lowest BCUT2D eigenvalue weighted by molar-refractivity contribution is 0.0944. The van der Waals surface area contributed by atoms with E-state index in [-0.39, 0.29) is 12.0 Å². The first kappa shape index (κ1) is 17.9. The molecule has 1 unspecified atom stereocenters. The van der Waals surface area contributed by atoms with Gasteiger partial charge in [-0.3, -0.25) is 9.89 Å². The summed E-state index contributed by atoms with van der Waals surface area (Å²) in [6.45, 7) is 4.18. The maximum atomic E-state index is 12.5. The number of hydrogen-bond donors (Lipinski definition) is 3. The monoisotopic (exact) mass is 388 g/mol. The lowest BCUT2D eigenvalue weighted by Crippen LogP contribution is -2.28. The van der Waals surface area contributed by atoms with E-state index < -0.39 is 0 Å². The van der Waals surface area contributed by atoms with Gasteiger partial charge in [-0.05, 0) is 41.3 Å². The smallest absolute Gasteiger partial charge is 0.272 e. The van der Waals surface area contributed by atoms with Gasteiger partial charge in [0.05, 0.1) is 0 Å². The fourth-order valence-corrected chi connectivity index (χ4v) is 4.10. The topological polar surface area (TPSA) is 79.0 Å². The summed E-state index contributed by atoms with van der Waals surface area (Å²) in [5, 5.41) is 13.5. The molecule has 0 bridgehead atoms. The Bertz CT molecular complexity index is 1060. The normalized spacial score (nSPS) is 17.3. The van der Waals surface area contributed by atoms with Gasteiger partial charge in [-0.1, -0.05) is 30.3 Å². The molecule has 3 aromatic rings. The highest BCUT2D eigenvalue weighted by Gasteiger charge is 2.21. The van der Waals surface area contributed by atoms with Gasteiger partial charge in [0, 0.05) is 43.7 Å². The minimum Gasteiger partial charge on any atom is -0.490 e. The lowest BCUT2D eigenvalue weighted by atomic mass is 10.00. The molecule has 6 nitrogen and oxygen atoms in total. The van der Waals surface area contributed by atoms with Crippen LogP contribution in [0.25, 0.3) is 11.1 Å². The molecule has 29 heavy (non-hydrogen) atoms. The van der Waals surface area contributed by atoms with Gasteiger partial charge < -0.3 is 15.4 Å². The molecule has 148 valence electrons. The molecule has 3 heterocycles. The molecule has 0 saturated heterocycles. The van der Waals surface area contributed by atoms with Gasteiger partial charge in [-0.15, -0.1) is 0 Å². The second kappa shape index (κ2) is 7.37. The van der Waals surface area contributed by atoms with Gasteiger partial charge in [0.1, 0.15) is 11.9 Å². The molecule has 2 aliphatic heterocycles. The van der Waals surface area contributed by atoms with Gasteiger partial charge in [0.2, 0.25) is 0 Å². The molecule has 5 rings (SSSR count). The van der Waals surface area contributed by atoms with Crippen molar-refractivity contribution in [2.75, 3.05) is 6.54 Å². The Hall–Kier alpha value is -3.12. The Morgan fingerprint density at radius 1 is 1.21 bits per heavy atom. The summed E-state index contributed by atoms with van der Waals surface area (Å²) in [6, 6.07) is 14.7. The van der Waals surface area contributed by atoms with E-state index in [1.165, 1.54) is 11.1 Å². The molecular weight excluding hydrogens is 364 g/mol. The maximum Gasteiger partial charge on any atom is 0.272 e. The Balaban J connectivity index is 1.25. The van der Waals surface area contributed by atoms with E-state index in [1.54, 1.807) is 0 Å². The van der Waals surface area contributed by atoms with Crippen molar-refractivity contribution >= 4 is 5.91 Å². The Morgan fingerprint density at radius 2 is 2.03 bits per heavy atom. The molecule has 1 amide bonds. The summed E-state index contributed by atoms with van der Waals surface area (Å²) in [4.78, 5) is 12.5. The highest BCUT2D eigenvalue weighted by molar-refractivity contribution is 5.94. The number of ether oxygens (including phenoxy) is 1. The van der Waals surface area contributed by atoms with Crippen molar-refractivity contribution in [1.29, 1.82) is 0 Å². The van der Waals surface area contributed by atoms with Crippen molar-refractivity contribution in [1.82, 2.24) is 20.8 Å². The van der Waals surface area contributed by atoms with Gasteiger partial charge in [-0.2, -0.15) is 5.10 Å². The third kappa shape index (κ3) is 3.51. The van der Waals surface area contributed by atoms with Crippen molar-refractivity contribution < 1.29 is 9.53 Å². The van der Waals surface area contributed by atoms with Crippen LogP contribution in [0.4, 0.5) is 0 Å². The fourth-order valence-electron chi connectivity index (χ4n) is 4.10. The highest BCUT2D eigenvalue weighted by atomic mass is 16.5. The quantitative estimate of drug-likeness (QED) is 0.642. The number of aromatic amines is 1. The first-order chi connectivity index (χ1) is 14.2. The first-order valence-electron chi connectivity index (χ1n) is 10.1. The van der Waals surface area contributed by atoms with Crippen LogP contribution in [0.1, 0.15) is 39.8 Å². The molecule has 1 atom stereocenters. The molecule has 0 aliphatic carbocycles. The van der Waals surface area contributed by atoms with E-state index in [2.05, 4.69) is 70.2 Å². The summed E-state index contributed by atoms with van der Waals surface area (Å²) >= 11 is 0. The Kier molecular flexibility index (Phi) is 4.56. The minimum absolute atomic E-state index is 0.136. The summed E-state index contributed by atoms with van der Waals surface area (Å²) < 4.78 is 5.78. The van der Waals surface area contributed by atoms with Crippen LogP contribution in [0.15, 0.2) is 42.5 Å². The van der Waals surface area contributed by atoms with E-state index in [4.69, 9.17) is 4.74 Å². The van der Waals surface area contributed by atoms with Crippen LogP contribution in [-0.2, 0) is 25.9 Å². The molecular formula is C23H24N4O2. The minimum atomic E-state index is -0.136. The summed E-state index contributed by atoms with van der Waals surface area (Å²) in [5.41, 5.74) is 7.22. The number of H-pyrrole nitrogens is 1. The third-order valence-corrected chi connectivity index (χ3v) is 5.66. The van der Waals surface area contributed by atoms with Crippen molar-refractivity contribution in [2.24, 2.45) is 0 Å². The number of carbonyl (C=O) groups is 1. The maximum absolute atomic E-state index is 12.5. The molecule has 0 fully saturated rings. The van der Waals surface area contributed by atoms with Crippen LogP contribution in [-0.4, -0.2) is 28.8 Å². The van der Waals surface area contributed by atoms with E-state index in [0.29, 0.717) is 18.8 Å².